The Kier molecular flexibility index (Phi) is 2.34. The van der Waals surface area contributed by atoms with Crippen LogP contribution in [0.1, 0.15) is 5.56 Å². The van der Waals surface area contributed by atoms with Gasteiger partial charge in [-0.25, -0.2) is 0 Å². The van der Waals surface area contributed by atoms with Gasteiger partial charge in [0, 0.05) is 5.56 Å². The summed E-state index contributed by atoms with van der Waals surface area (Å²) >= 11 is 0. The minimum absolute atomic E-state index is 0.0631. The standard InChI is InChI=1S/C13H12O2/c1-9-5-2-3-6-10(9)11-7-4-8-12(14)13(11)15/h2-8,14-15H,1H3. The van der Waals surface area contributed by atoms with E-state index in [-0.39, 0.29) is 11.5 Å². The summed E-state index contributed by atoms with van der Waals surface area (Å²) in [5, 5.41) is 19.1. The SMILES string of the molecule is Cc1ccccc1-c1cccc(O)c1O. The zero-order chi connectivity index (χ0) is 10.8. The minimum Gasteiger partial charge on any atom is -0.504 e. The van der Waals surface area contributed by atoms with Crippen LogP contribution in [-0.4, -0.2) is 10.2 Å². The molecule has 0 atom stereocenters. The first-order chi connectivity index (χ1) is 7.20. The van der Waals surface area contributed by atoms with Gasteiger partial charge in [0.1, 0.15) is 0 Å². The van der Waals surface area contributed by atoms with Crippen LogP contribution in [0.5, 0.6) is 11.5 Å². The number of phenols is 2. The Morgan fingerprint density at radius 3 is 2.20 bits per heavy atom. The van der Waals surface area contributed by atoms with Crippen molar-refractivity contribution in [2.45, 2.75) is 6.92 Å². The summed E-state index contributed by atoms with van der Waals surface area (Å²) in [7, 11) is 0. The van der Waals surface area contributed by atoms with E-state index in [2.05, 4.69) is 0 Å². The molecule has 76 valence electrons. The molecule has 15 heavy (non-hydrogen) atoms. The van der Waals surface area contributed by atoms with E-state index in [9.17, 15) is 10.2 Å². The van der Waals surface area contributed by atoms with Crippen molar-refractivity contribution in [3.63, 3.8) is 0 Å². The Morgan fingerprint density at radius 2 is 1.47 bits per heavy atom. The molecule has 0 aliphatic rings. The Bertz CT molecular complexity index is 490. The molecule has 2 heteroatoms. The van der Waals surface area contributed by atoms with Gasteiger partial charge in [-0.15, -0.1) is 0 Å². The first-order valence-electron chi connectivity index (χ1n) is 4.77. The molecular formula is C13H12O2. The lowest BCUT2D eigenvalue weighted by molar-refractivity contribution is 0.405. The molecule has 0 spiro atoms. The van der Waals surface area contributed by atoms with Crippen molar-refractivity contribution in [3.8, 4) is 22.6 Å². The highest BCUT2D eigenvalue weighted by Gasteiger charge is 2.09. The molecule has 0 amide bonds. The molecule has 0 fully saturated rings. The quantitative estimate of drug-likeness (QED) is 0.694. The molecule has 0 heterocycles. The number of aryl methyl sites for hydroxylation is 1. The lowest BCUT2D eigenvalue weighted by Crippen LogP contribution is -1.83. The molecule has 2 N–H and O–H groups in total. The lowest BCUT2D eigenvalue weighted by Gasteiger charge is -2.08. The van der Waals surface area contributed by atoms with Crippen molar-refractivity contribution in [1.29, 1.82) is 0 Å². The summed E-state index contributed by atoms with van der Waals surface area (Å²) in [6.07, 6.45) is 0. The maximum atomic E-state index is 9.73. The molecule has 0 saturated heterocycles. The van der Waals surface area contributed by atoms with Crippen molar-refractivity contribution >= 4 is 0 Å². The predicted molar refractivity (Wildman–Crippen MR) is 59.9 cm³/mol. The van der Waals surface area contributed by atoms with Gasteiger partial charge in [-0.1, -0.05) is 36.4 Å². The van der Waals surface area contributed by atoms with E-state index >= 15 is 0 Å². The molecule has 2 rings (SSSR count). The monoisotopic (exact) mass is 200 g/mol. The van der Waals surface area contributed by atoms with Gasteiger partial charge in [0.15, 0.2) is 11.5 Å². The van der Waals surface area contributed by atoms with Crippen LogP contribution in [-0.2, 0) is 0 Å². The Morgan fingerprint density at radius 1 is 0.800 bits per heavy atom. The lowest BCUT2D eigenvalue weighted by atomic mass is 10.00. The summed E-state index contributed by atoms with van der Waals surface area (Å²) in [5.41, 5.74) is 2.66. The van der Waals surface area contributed by atoms with E-state index < -0.39 is 0 Å². The fourth-order valence-electron chi connectivity index (χ4n) is 1.62. The predicted octanol–water partition coefficient (Wildman–Crippen LogP) is 3.07. The van der Waals surface area contributed by atoms with Crippen molar-refractivity contribution in [3.05, 3.63) is 48.0 Å². The van der Waals surface area contributed by atoms with Crippen LogP contribution in [0, 0.1) is 6.92 Å². The summed E-state index contributed by atoms with van der Waals surface area (Å²) in [6, 6.07) is 12.7. The minimum atomic E-state index is -0.0873. The van der Waals surface area contributed by atoms with Crippen LogP contribution >= 0.6 is 0 Å². The summed E-state index contributed by atoms with van der Waals surface area (Å²) < 4.78 is 0. The van der Waals surface area contributed by atoms with Gasteiger partial charge >= 0.3 is 0 Å². The van der Waals surface area contributed by atoms with E-state index in [1.807, 2.05) is 31.2 Å². The highest BCUT2D eigenvalue weighted by molar-refractivity contribution is 5.75. The van der Waals surface area contributed by atoms with Crippen molar-refractivity contribution in [1.82, 2.24) is 0 Å². The average molecular weight is 200 g/mol. The topological polar surface area (TPSA) is 40.5 Å². The van der Waals surface area contributed by atoms with Crippen LogP contribution in [0.15, 0.2) is 42.5 Å². The van der Waals surface area contributed by atoms with Gasteiger partial charge in [0.25, 0.3) is 0 Å². The molecule has 2 nitrogen and oxygen atoms in total. The number of aromatic hydroxyl groups is 2. The van der Waals surface area contributed by atoms with Gasteiger partial charge in [-0.3, -0.25) is 0 Å². The number of hydrogen-bond donors (Lipinski definition) is 2. The molecule has 0 radical (unpaired) electrons. The van der Waals surface area contributed by atoms with Gasteiger partial charge in [0.05, 0.1) is 0 Å². The number of rotatable bonds is 1. The van der Waals surface area contributed by atoms with Gasteiger partial charge in [-0.05, 0) is 24.1 Å². The molecule has 0 aliphatic carbocycles. The fourth-order valence-corrected chi connectivity index (χ4v) is 1.62. The summed E-state index contributed by atoms with van der Waals surface area (Å²) in [4.78, 5) is 0. The van der Waals surface area contributed by atoms with Crippen LogP contribution < -0.4 is 0 Å². The van der Waals surface area contributed by atoms with Crippen LogP contribution in [0.25, 0.3) is 11.1 Å². The first kappa shape index (κ1) is 9.59. The molecule has 0 bridgehead atoms. The maximum Gasteiger partial charge on any atom is 0.165 e. The highest BCUT2D eigenvalue weighted by atomic mass is 16.3. The Labute approximate surface area is 88.4 Å². The van der Waals surface area contributed by atoms with Crippen molar-refractivity contribution in [2.75, 3.05) is 0 Å². The summed E-state index contributed by atoms with van der Waals surface area (Å²) in [5.74, 6) is -0.150. The van der Waals surface area contributed by atoms with Crippen LogP contribution in [0.3, 0.4) is 0 Å². The number of hydrogen-bond acceptors (Lipinski definition) is 2. The van der Waals surface area contributed by atoms with Crippen molar-refractivity contribution in [2.24, 2.45) is 0 Å². The molecule has 0 aliphatic heterocycles. The zero-order valence-corrected chi connectivity index (χ0v) is 8.44. The summed E-state index contributed by atoms with van der Waals surface area (Å²) in [6.45, 7) is 1.97. The van der Waals surface area contributed by atoms with Gasteiger partial charge in [-0.2, -0.15) is 0 Å². The van der Waals surface area contributed by atoms with E-state index in [0.29, 0.717) is 5.56 Å². The third kappa shape index (κ3) is 1.66. The molecular weight excluding hydrogens is 188 g/mol. The molecule has 0 saturated carbocycles. The van der Waals surface area contributed by atoms with Gasteiger partial charge < -0.3 is 10.2 Å². The third-order valence-electron chi connectivity index (χ3n) is 2.45. The van der Waals surface area contributed by atoms with E-state index in [0.717, 1.165) is 11.1 Å². The van der Waals surface area contributed by atoms with Crippen LogP contribution in [0.4, 0.5) is 0 Å². The largest absolute Gasteiger partial charge is 0.504 e. The van der Waals surface area contributed by atoms with E-state index in [1.165, 1.54) is 6.07 Å². The van der Waals surface area contributed by atoms with E-state index in [1.54, 1.807) is 12.1 Å². The number of benzene rings is 2. The third-order valence-corrected chi connectivity index (χ3v) is 2.45. The highest BCUT2D eigenvalue weighted by Crippen LogP contribution is 2.37. The number of phenolic OH excluding ortho intramolecular Hbond substituents is 2. The second kappa shape index (κ2) is 3.65. The maximum absolute atomic E-state index is 9.73. The molecule has 2 aromatic rings. The Hall–Kier alpha value is -1.96. The smallest absolute Gasteiger partial charge is 0.165 e. The number of para-hydroxylation sites is 1. The fraction of sp³-hybridized carbons (Fsp3) is 0.0769. The van der Waals surface area contributed by atoms with E-state index in [4.69, 9.17) is 0 Å². The van der Waals surface area contributed by atoms with Crippen molar-refractivity contribution < 1.29 is 10.2 Å². The van der Waals surface area contributed by atoms with Crippen LogP contribution in [0.2, 0.25) is 0 Å². The second-order valence-electron chi connectivity index (χ2n) is 3.49. The van der Waals surface area contributed by atoms with Gasteiger partial charge in [0.2, 0.25) is 0 Å². The Balaban J connectivity index is 2.65. The molecule has 0 aromatic heterocycles. The molecule has 0 unspecified atom stereocenters. The first-order valence-corrected chi connectivity index (χ1v) is 4.77. The average Bonchev–Trinajstić information content (AvgIpc) is 2.23. The molecule has 2 aromatic carbocycles. The second-order valence-corrected chi connectivity index (χ2v) is 3.49. The normalized spacial score (nSPS) is 10.2. The zero-order valence-electron chi connectivity index (χ0n) is 8.44.